The molecule has 5 heteroatoms. The van der Waals surface area contributed by atoms with E-state index in [2.05, 4.69) is 33.9 Å². The average Bonchev–Trinajstić information content (AvgIpc) is 2.65. The number of benzene rings is 2. The Balaban J connectivity index is 1.50. The van der Waals surface area contributed by atoms with E-state index in [0.717, 1.165) is 29.8 Å². The first-order valence-corrected chi connectivity index (χ1v) is 11.0. The topological polar surface area (TPSA) is 49.4 Å². The van der Waals surface area contributed by atoms with Gasteiger partial charge < -0.3 is 4.90 Å². The van der Waals surface area contributed by atoms with E-state index in [0.29, 0.717) is 13.0 Å². The number of nitrogens with one attached hydrogen (secondary N) is 1. The van der Waals surface area contributed by atoms with Gasteiger partial charge in [0.25, 0.3) is 0 Å². The zero-order valence-electron chi connectivity index (χ0n) is 15.4. The number of rotatable bonds is 7. The summed E-state index contributed by atoms with van der Waals surface area (Å²) in [7, 11) is -3.31. The lowest BCUT2D eigenvalue weighted by molar-refractivity contribution is 0.577. The number of aryl methyl sites for hydroxylation is 1. The summed E-state index contributed by atoms with van der Waals surface area (Å²) in [4.78, 5) is 2.43. The quantitative estimate of drug-likeness (QED) is 0.807. The van der Waals surface area contributed by atoms with Crippen LogP contribution in [-0.2, 0) is 22.2 Å². The molecule has 4 nitrogen and oxygen atoms in total. The number of anilines is 1. The van der Waals surface area contributed by atoms with Crippen LogP contribution in [0.4, 0.5) is 5.69 Å². The highest BCUT2D eigenvalue weighted by atomic mass is 32.2. The second-order valence-corrected chi connectivity index (χ2v) is 8.85. The van der Waals surface area contributed by atoms with E-state index >= 15 is 0 Å². The first-order chi connectivity index (χ1) is 12.5. The van der Waals surface area contributed by atoms with Gasteiger partial charge in [0, 0.05) is 25.3 Å². The fraction of sp³-hybridized carbons (Fsp3) is 0.429. The Bertz CT molecular complexity index is 810. The monoisotopic (exact) mass is 372 g/mol. The first kappa shape index (κ1) is 18.9. The van der Waals surface area contributed by atoms with E-state index in [1.165, 1.54) is 24.9 Å². The third-order valence-corrected chi connectivity index (χ3v) is 6.33. The number of hydrogen-bond acceptors (Lipinski definition) is 3. The van der Waals surface area contributed by atoms with E-state index in [9.17, 15) is 8.42 Å². The molecule has 2 aromatic rings. The summed E-state index contributed by atoms with van der Waals surface area (Å²) in [6.45, 7) is 4.64. The molecule has 1 N–H and O–H groups in total. The Morgan fingerprint density at radius 3 is 2.35 bits per heavy atom. The summed E-state index contributed by atoms with van der Waals surface area (Å²) in [5.41, 5.74) is 4.29. The van der Waals surface area contributed by atoms with Crippen molar-refractivity contribution in [2.75, 3.05) is 24.5 Å². The molecule has 1 aliphatic heterocycles. The summed E-state index contributed by atoms with van der Waals surface area (Å²) < 4.78 is 27.3. The maximum atomic E-state index is 12.3. The molecule has 0 radical (unpaired) electrons. The van der Waals surface area contributed by atoms with Crippen LogP contribution in [0.1, 0.15) is 36.0 Å². The van der Waals surface area contributed by atoms with Gasteiger partial charge in [0.1, 0.15) is 0 Å². The standard InChI is InChI=1S/C21H28N2O2S/c1-18-7-3-4-8-20(18)17-26(24,25)22-14-13-19-9-11-21(12-10-19)23-15-5-2-6-16-23/h3-4,7-12,22H,2,5-6,13-17H2,1H3. The minimum absolute atomic E-state index is 0.0353. The molecule has 1 saturated heterocycles. The van der Waals surface area contributed by atoms with E-state index in [4.69, 9.17) is 0 Å². The number of hydrogen-bond donors (Lipinski definition) is 1. The molecule has 2 aromatic carbocycles. The molecule has 26 heavy (non-hydrogen) atoms. The minimum atomic E-state index is -3.31. The lowest BCUT2D eigenvalue weighted by atomic mass is 10.1. The molecule has 0 amide bonds. The highest BCUT2D eigenvalue weighted by Crippen LogP contribution is 2.20. The van der Waals surface area contributed by atoms with Crippen LogP contribution in [0, 0.1) is 6.92 Å². The molecule has 0 unspecified atom stereocenters. The van der Waals surface area contributed by atoms with E-state index in [-0.39, 0.29) is 5.75 Å². The van der Waals surface area contributed by atoms with E-state index < -0.39 is 10.0 Å². The third-order valence-electron chi connectivity index (χ3n) is 5.00. The van der Waals surface area contributed by atoms with Crippen molar-refractivity contribution in [2.45, 2.75) is 38.4 Å². The Hall–Kier alpha value is -1.85. The molecule has 3 rings (SSSR count). The third kappa shape index (κ3) is 5.32. The molecular formula is C21H28N2O2S. The van der Waals surface area contributed by atoms with Crippen molar-refractivity contribution in [3.8, 4) is 0 Å². The molecule has 0 bridgehead atoms. The largest absolute Gasteiger partial charge is 0.372 e. The van der Waals surface area contributed by atoms with Gasteiger partial charge in [-0.05, 0) is 61.4 Å². The van der Waals surface area contributed by atoms with Gasteiger partial charge >= 0.3 is 0 Å². The van der Waals surface area contributed by atoms with Crippen LogP contribution in [-0.4, -0.2) is 28.1 Å². The van der Waals surface area contributed by atoms with Gasteiger partial charge in [-0.2, -0.15) is 0 Å². The fourth-order valence-corrected chi connectivity index (χ4v) is 4.65. The predicted octanol–water partition coefficient (Wildman–Crippen LogP) is 3.65. The predicted molar refractivity (Wildman–Crippen MR) is 108 cm³/mol. The van der Waals surface area contributed by atoms with Crippen LogP contribution in [0.2, 0.25) is 0 Å². The molecule has 0 spiro atoms. The molecule has 0 saturated carbocycles. The summed E-state index contributed by atoms with van der Waals surface area (Å²) in [5.74, 6) is 0.0353. The summed E-state index contributed by atoms with van der Waals surface area (Å²) in [6.07, 6.45) is 4.57. The Kier molecular flexibility index (Phi) is 6.33. The molecule has 1 aliphatic rings. The lowest BCUT2D eigenvalue weighted by Gasteiger charge is -2.28. The Morgan fingerprint density at radius 2 is 1.65 bits per heavy atom. The number of nitrogens with zero attached hydrogens (tertiary/aromatic N) is 1. The Morgan fingerprint density at radius 1 is 0.962 bits per heavy atom. The Labute approximate surface area is 157 Å². The molecule has 0 aliphatic carbocycles. The summed E-state index contributed by atoms with van der Waals surface area (Å²) >= 11 is 0. The van der Waals surface area contributed by atoms with Crippen molar-refractivity contribution in [3.63, 3.8) is 0 Å². The van der Waals surface area contributed by atoms with Gasteiger partial charge in [-0.1, -0.05) is 36.4 Å². The van der Waals surface area contributed by atoms with Crippen LogP contribution in [0.5, 0.6) is 0 Å². The smallest absolute Gasteiger partial charge is 0.215 e. The van der Waals surface area contributed by atoms with Crippen molar-refractivity contribution in [1.29, 1.82) is 0 Å². The van der Waals surface area contributed by atoms with Crippen LogP contribution in [0.3, 0.4) is 0 Å². The maximum absolute atomic E-state index is 12.3. The zero-order valence-corrected chi connectivity index (χ0v) is 16.3. The van der Waals surface area contributed by atoms with Gasteiger partial charge in [0.2, 0.25) is 10.0 Å². The molecule has 1 heterocycles. The van der Waals surface area contributed by atoms with Gasteiger partial charge in [-0.3, -0.25) is 0 Å². The van der Waals surface area contributed by atoms with Crippen molar-refractivity contribution >= 4 is 15.7 Å². The van der Waals surface area contributed by atoms with E-state index in [1.807, 2.05) is 31.2 Å². The highest BCUT2D eigenvalue weighted by Gasteiger charge is 2.13. The lowest BCUT2D eigenvalue weighted by Crippen LogP contribution is -2.29. The second-order valence-electron chi connectivity index (χ2n) is 7.04. The number of sulfonamides is 1. The summed E-state index contributed by atoms with van der Waals surface area (Å²) in [6, 6.07) is 16.1. The maximum Gasteiger partial charge on any atom is 0.215 e. The van der Waals surface area contributed by atoms with Gasteiger partial charge in [0.05, 0.1) is 5.75 Å². The van der Waals surface area contributed by atoms with E-state index in [1.54, 1.807) is 0 Å². The SMILES string of the molecule is Cc1ccccc1CS(=O)(=O)NCCc1ccc(N2CCCCC2)cc1. The van der Waals surface area contributed by atoms with Crippen LogP contribution >= 0.6 is 0 Å². The number of piperidine rings is 1. The zero-order chi connectivity index (χ0) is 18.4. The van der Waals surface area contributed by atoms with Crippen LogP contribution < -0.4 is 9.62 Å². The minimum Gasteiger partial charge on any atom is -0.372 e. The normalized spacial score (nSPS) is 15.2. The van der Waals surface area contributed by atoms with Gasteiger partial charge in [-0.25, -0.2) is 13.1 Å². The van der Waals surface area contributed by atoms with Crippen molar-refractivity contribution in [1.82, 2.24) is 4.72 Å². The first-order valence-electron chi connectivity index (χ1n) is 9.39. The van der Waals surface area contributed by atoms with Crippen LogP contribution in [0.25, 0.3) is 0 Å². The second kappa shape index (κ2) is 8.69. The fourth-order valence-electron chi connectivity index (χ4n) is 3.40. The van der Waals surface area contributed by atoms with Gasteiger partial charge in [0.15, 0.2) is 0 Å². The molecule has 1 fully saturated rings. The molecule has 140 valence electrons. The van der Waals surface area contributed by atoms with Gasteiger partial charge in [-0.15, -0.1) is 0 Å². The van der Waals surface area contributed by atoms with Crippen molar-refractivity contribution in [3.05, 3.63) is 65.2 Å². The molecular weight excluding hydrogens is 344 g/mol. The molecule has 0 aromatic heterocycles. The highest BCUT2D eigenvalue weighted by molar-refractivity contribution is 7.88. The van der Waals surface area contributed by atoms with Crippen LogP contribution in [0.15, 0.2) is 48.5 Å². The molecule has 0 atom stereocenters. The van der Waals surface area contributed by atoms with Crippen molar-refractivity contribution in [2.24, 2.45) is 0 Å². The average molecular weight is 373 g/mol. The van der Waals surface area contributed by atoms with Crippen molar-refractivity contribution < 1.29 is 8.42 Å². The summed E-state index contributed by atoms with van der Waals surface area (Å²) in [5, 5.41) is 0.